The highest BCUT2D eigenvalue weighted by Crippen LogP contribution is 2.15. The van der Waals surface area contributed by atoms with Crippen LogP contribution in [0.2, 0.25) is 0 Å². The van der Waals surface area contributed by atoms with Crippen LogP contribution >= 0.6 is 0 Å². The Hall–Kier alpha value is -3.16. The molecule has 0 unspecified atom stereocenters. The largest absolute Gasteiger partial charge is 0.481 e. The maximum atomic E-state index is 12.7. The molecule has 0 saturated carbocycles. The molecule has 3 aromatic heterocycles. The molecule has 0 radical (unpaired) electrons. The molecule has 3 rings (SSSR count). The van der Waals surface area contributed by atoms with E-state index in [2.05, 4.69) is 15.3 Å². The predicted octanol–water partition coefficient (Wildman–Crippen LogP) is 1.82. The molecule has 25 heavy (non-hydrogen) atoms. The third-order valence-corrected chi connectivity index (χ3v) is 3.77. The Labute approximate surface area is 144 Å². The van der Waals surface area contributed by atoms with E-state index in [0.29, 0.717) is 22.7 Å². The summed E-state index contributed by atoms with van der Waals surface area (Å²) >= 11 is 0. The highest BCUT2D eigenvalue weighted by Gasteiger charge is 2.18. The van der Waals surface area contributed by atoms with E-state index in [1.165, 1.54) is 17.9 Å². The summed E-state index contributed by atoms with van der Waals surface area (Å²) in [6.45, 7) is 3.71. The van der Waals surface area contributed by atoms with Crippen LogP contribution in [0.15, 0.2) is 41.5 Å². The number of carbonyl (C=O) groups excluding carboxylic acids is 1. The van der Waals surface area contributed by atoms with Gasteiger partial charge in [-0.1, -0.05) is 0 Å². The van der Waals surface area contributed by atoms with Crippen molar-refractivity contribution in [1.82, 2.24) is 19.1 Å². The Morgan fingerprint density at radius 2 is 2.08 bits per heavy atom. The lowest BCUT2D eigenvalue weighted by Gasteiger charge is -2.07. The average Bonchev–Trinajstić information content (AvgIpc) is 2.88. The molecule has 0 spiro atoms. The van der Waals surface area contributed by atoms with Crippen LogP contribution in [-0.4, -0.2) is 32.1 Å². The lowest BCUT2D eigenvalue weighted by atomic mass is 10.3. The molecular weight excluding hydrogens is 322 g/mol. The first-order valence-corrected chi connectivity index (χ1v) is 7.87. The smallest absolute Gasteiger partial charge is 0.331 e. The fourth-order valence-corrected chi connectivity index (χ4v) is 2.65. The van der Waals surface area contributed by atoms with Gasteiger partial charge in [-0.3, -0.25) is 13.9 Å². The molecule has 3 heterocycles. The van der Waals surface area contributed by atoms with Crippen LogP contribution in [-0.2, 0) is 11.3 Å². The molecule has 0 aliphatic rings. The number of rotatable bonds is 5. The third kappa shape index (κ3) is 3.23. The lowest BCUT2D eigenvalue weighted by molar-refractivity contribution is -0.116. The molecule has 0 aliphatic carbocycles. The second kappa shape index (κ2) is 6.76. The minimum atomic E-state index is -0.319. The number of imidazole rings is 1. The van der Waals surface area contributed by atoms with Crippen LogP contribution in [0.4, 0.5) is 5.69 Å². The van der Waals surface area contributed by atoms with Crippen molar-refractivity contribution in [3.05, 3.63) is 47.1 Å². The van der Waals surface area contributed by atoms with E-state index in [9.17, 15) is 9.59 Å². The second-order valence-electron chi connectivity index (χ2n) is 5.82. The van der Waals surface area contributed by atoms with Gasteiger partial charge in [-0.25, -0.2) is 14.8 Å². The number of hydrogen-bond donors (Lipinski definition) is 1. The fraction of sp³-hybridized carbons (Fsp3) is 0.294. The summed E-state index contributed by atoms with van der Waals surface area (Å²) in [6, 6.07) is 6.81. The predicted molar refractivity (Wildman–Crippen MR) is 93.8 cm³/mol. The number of ether oxygens (including phenoxy) is 1. The van der Waals surface area contributed by atoms with Crippen molar-refractivity contribution >= 4 is 22.8 Å². The number of nitrogens with one attached hydrogen (secondary N) is 1. The first-order chi connectivity index (χ1) is 12.0. The summed E-state index contributed by atoms with van der Waals surface area (Å²) < 4.78 is 7.99. The zero-order chi connectivity index (χ0) is 18.0. The molecule has 8 heteroatoms. The van der Waals surface area contributed by atoms with Gasteiger partial charge >= 0.3 is 5.69 Å². The van der Waals surface area contributed by atoms with Crippen LogP contribution in [0, 0.1) is 0 Å². The summed E-state index contributed by atoms with van der Waals surface area (Å²) in [7, 11) is 1.52. The number of amides is 1. The average molecular weight is 341 g/mol. The van der Waals surface area contributed by atoms with Gasteiger partial charge in [0.25, 0.3) is 0 Å². The Bertz CT molecular complexity index is 957. The van der Waals surface area contributed by atoms with Gasteiger partial charge in [0.1, 0.15) is 6.54 Å². The van der Waals surface area contributed by atoms with Gasteiger partial charge in [-0.05, 0) is 32.0 Å². The normalized spacial score (nSPS) is 11.0. The van der Waals surface area contributed by atoms with Gasteiger partial charge in [0.05, 0.1) is 24.5 Å². The summed E-state index contributed by atoms with van der Waals surface area (Å²) in [5.41, 5.74) is 1.47. The SMILES string of the molecule is COc1ccc(NC(=O)Cn2c(=O)n(C(C)C)c3ncccc32)cn1. The molecule has 1 N–H and O–H groups in total. The van der Waals surface area contributed by atoms with Crippen LogP contribution in [0.25, 0.3) is 11.2 Å². The minimum Gasteiger partial charge on any atom is -0.481 e. The van der Waals surface area contributed by atoms with Gasteiger partial charge in [0, 0.05) is 18.3 Å². The molecule has 1 amide bonds. The maximum absolute atomic E-state index is 12.7. The molecule has 0 bridgehead atoms. The Morgan fingerprint density at radius 1 is 1.28 bits per heavy atom. The van der Waals surface area contributed by atoms with Crippen molar-refractivity contribution in [2.45, 2.75) is 26.4 Å². The standard InChI is InChI=1S/C17H19N5O3/c1-11(2)22-16-13(5-4-8-18-16)21(17(22)24)10-14(23)20-12-6-7-15(25-3)19-9-12/h4-9,11H,10H2,1-3H3,(H,20,23). The number of pyridine rings is 2. The fourth-order valence-electron chi connectivity index (χ4n) is 2.65. The molecule has 8 nitrogen and oxygen atoms in total. The van der Waals surface area contributed by atoms with E-state index in [1.54, 1.807) is 35.0 Å². The van der Waals surface area contributed by atoms with Crippen LogP contribution in [0.3, 0.4) is 0 Å². The molecule has 0 fully saturated rings. The molecule has 130 valence electrons. The van der Waals surface area contributed by atoms with Crippen LogP contribution < -0.4 is 15.7 Å². The Morgan fingerprint density at radius 3 is 2.72 bits per heavy atom. The highest BCUT2D eigenvalue weighted by atomic mass is 16.5. The summed E-state index contributed by atoms with van der Waals surface area (Å²) in [4.78, 5) is 33.3. The molecule has 3 aromatic rings. The van der Waals surface area contributed by atoms with Crippen molar-refractivity contribution in [3.8, 4) is 5.88 Å². The van der Waals surface area contributed by atoms with Crippen LogP contribution in [0.1, 0.15) is 19.9 Å². The minimum absolute atomic E-state index is 0.0556. The van der Waals surface area contributed by atoms with Gasteiger partial charge in [-0.15, -0.1) is 0 Å². The van der Waals surface area contributed by atoms with Crippen LogP contribution in [0.5, 0.6) is 5.88 Å². The number of methoxy groups -OCH3 is 1. The van der Waals surface area contributed by atoms with Gasteiger partial charge in [0.15, 0.2) is 5.65 Å². The lowest BCUT2D eigenvalue weighted by Crippen LogP contribution is -2.30. The number of carbonyl (C=O) groups is 1. The molecule has 0 aliphatic heterocycles. The van der Waals surface area contributed by atoms with Crippen molar-refractivity contribution in [1.29, 1.82) is 0 Å². The maximum Gasteiger partial charge on any atom is 0.331 e. The zero-order valence-electron chi connectivity index (χ0n) is 14.3. The number of fused-ring (bicyclic) bond motifs is 1. The summed E-state index contributed by atoms with van der Waals surface area (Å²) in [6.07, 6.45) is 3.13. The molecular formula is C17H19N5O3. The number of anilines is 1. The van der Waals surface area contributed by atoms with Crippen molar-refractivity contribution in [2.24, 2.45) is 0 Å². The van der Waals surface area contributed by atoms with E-state index in [4.69, 9.17) is 4.74 Å². The van der Waals surface area contributed by atoms with Gasteiger partial charge in [0.2, 0.25) is 11.8 Å². The van der Waals surface area contributed by atoms with Crippen molar-refractivity contribution in [3.63, 3.8) is 0 Å². The third-order valence-electron chi connectivity index (χ3n) is 3.77. The number of hydrogen-bond acceptors (Lipinski definition) is 5. The Kier molecular flexibility index (Phi) is 4.51. The summed E-state index contributed by atoms with van der Waals surface area (Å²) in [5.74, 6) is 0.140. The van der Waals surface area contributed by atoms with E-state index in [0.717, 1.165) is 0 Å². The topological polar surface area (TPSA) is 91.0 Å². The van der Waals surface area contributed by atoms with Crippen molar-refractivity contribution in [2.75, 3.05) is 12.4 Å². The second-order valence-corrected chi connectivity index (χ2v) is 5.82. The monoisotopic (exact) mass is 341 g/mol. The number of nitrogens with zero attached hydrogens (tertiary/aromatic N) is 4. The van der Waals surface area contributed by atoms with E-state index in [-0.39, 0.29) is 24.2 Å². The molecule has 0 aromatic carbocycles. The first-order valence-electron chi connectivity index (χ1n) is 7.87. The first kappa shape index (κ1) is 16.7. The highest BCUT2D eigenvalue weighted by molar-refractivity contribution is 5.91. The summed E-state index contributed by atoms with van der Waals surface area (Å²) in [5, 5.41) is 2.73. The quantitative estimate of drug-likeness (QED) is 0.764. The Balaban J connectivity index is 1.88. The van der Waals surface area contributed by atoms with E-state index < -0.39 is 0 Å². The van der Waals surface area contributed by atoms with Crippen molar-refractivity contribution < 1.29 is 9.53 Å². The van der Waals surface area contributed by atoms with Gasteiger partial charge < -0.3 is 10.1 Å². The molecule has 0 atom stereocenters. The molecule has 0 saturated heterocycles. The zero-order valence-corrected chi connectivity index (χ0v) is 14.3. The number of aromatic nitrogens is 4. The van der Waals surface area contributed by atoms with E-state index in [1.807, 2.05) is 13.8 Å². The van der Waals surface area contributed by atoms with Gasteiger partial charge in [-0.2, -0.15) is 0 Å². The van der Waals surface area contributed by atoms with E-state index >= 15 is 0 Å².